The van der Waals surface area contributed by atoms with Gasteiger partial charge in [0.15, 0.2) is 5.17 Å². The van der Waals surface area contributed by atoms with E-state index in [2.05, 4.69) is 16.3 Å². The maximum atomic E-state index is 13.0. The maximum absolute atomic E-state index is 13.0. The Kier molecular flexibility index (Phi) is 7.14. The van der Waals surface area contributed by atoms with E-state index in [0.29, 0.717) is 10.7 Å². The highest BCUT2D eigenvalue weighted by atomic mass is 35.5. The van der Waals surface area contributed by atoms with Crippen LogP contribution >= 0.6 is 23.4 Å². The molecule has 1 aliphatic rings. The Morgan fingerprint density at radius 2 is 1.87 bits per heavy atom. The summed E-state index contributed by atoms with van der Waals surface area (Å²) < 4.78 is 42.1. The Morgan fingerprint density at radius 1 is 1.23 bits per heavy atom. The van der Waals surface area contributed by atoms with Gasteiger partial charge in [0.25, 0.3) is 10.0 Å². The molecular weight excluding hydrogens is 465 g/mol. The van der Waals surface area contributed by atoms with Gasteiger partial charge >= 0.3 is 0 Å². The molecule has 2 amide bonds. The van der Waals surface area contributed by atoms with Crippen molar-refractivity contribution in [2.45, 2.75) is 16.6 Å². The zero-order valence-electron chi connectivity index (χ0n) is 16.0. The molecule has 2 aromatic carbocycles. The lowest BCUT2D eigenvalue weighted by Crippen LogP contribution is -2.33. The lowest BCUT2D eigenvalue weighted by Gasteiger charge is -2.13. The molecule has 7 nitrogen and oxygen atoms in total. The molecule has 1 N–H and O–H groups in total. The standard InChI is InChI=1S/C20H17ClFN3O4S2/c1-2-11-25-19(27)17(12-18(26)23-15-7-5-14(22)6-8-15)30-20(25)24-31(28,29)16-9-3-13(21)4-10-16/h2-10,17H,1,11-12H2,(H,23,26)/b24-20+. The van der Waals surface area contributed by atoms with E-state index in [1.807, 2.05) is 0 Å². The highest BCUT2D eigenvalue weighted by Crippen LogP contribution is 2.31. The molecule has 1 unspecified atom stereocenters. The number of anilines is 1. The van der Waals surface area contributed by atoms with Crippen LogP contribution in [0.4, 0.5) is 10.1 Å². The lowest BCUT2D eigenvalue weighted by molar-refractivity contribution is -0.127. The summed E-state index contributed by atoms with van der Waals surface area (Å²) in [5, 5.41) is 2.05. The molecule has 0 aliphatic carbocycles. The average molecular weight is 482 g/mol. The predicted molar refractivity (Wildman–Crippen MR) is 119 cm³/mol. The highest BCUT2D eigenvalue weighted by Gasteiger charge is 2.39. The number of carbonyl (C=O) groups is 2. The summed E-state index contributed by atoms with van der Waals surface area (Å²) in [5.41, 5.74) is 0.379. The number of thioether (sulfide) groups is 1. The molecule has 0 radical (unpaired) electrons. The molecule has 1 atom stereocenters. The summed E-state index contributed by atoms with van der Waals surface area (Å²) in [5.74, 6) is -1.37. The van der Waals surface area contributed by atoms with Gasteiger partial charge in [-0.1, -0.05) is 29.4 Å². The summed E-state index contributed by atoms with van der Waals surface area (Å²) in [6, 6.07) is 10.7. The third-order valence-corrected chi connectivity index (χ3v) is 6.96. The second kappa shape index (κ2) is 9.63. The molecule has 0 spiro atoms. The van der Waals surface area contributed by atoms with E-state index in [9.17, 15) is 22.4 Å². The zero-order valence-corrected chi connectivity index (χ0v) is 18.4. The van der Waals surface area contributed by atoms with Crippen LogP contribution in [0.1, 0.15) is 6.42 Å². The fraction of sp³-hybridized carbons (Fsp3) is 0.150. The van der Waals surface area contributed by atoms with Crippen LogP contribution in [0, 0.1) is 5.82 Å². The van der Waals surface area contributed by atoms with Crippen molar-refractivity contribution >= 4 is 56.1 Å². The van der Waals surface area contributed by atoms with E-state index in [4.69, 9.17) is 11.6 Å². The summed E-state index contributed by atoms with van der Waals surface area (Å²) in [7, 11) is -4.10. The number of halogens is 2. The van der Waals surface area contributed by atoms with Gasteiger partial charge in [0.2, 0.25) is 11.8 Å². The van der Waals surface area contributed by atoms with E-state index in [0.717, 1.165) is 11.8 Å². The van der Waals surface area contributed by atoms with Crippen LogP contribution in [-0.2, 0) is 19.6 Å². The van der Waals surface area contributed by atoms with E-state index in [1.54, 1.807) is 0 Å². The minimum Gasteiger partial charge on any atom is -0.326 e. The number of amides is 2. The van der Waals surface area contributed by atoms with Gasteiger partial charge in [-0.05, 0) is 48.5 Å². The molecule has 3 rings (SSSR count). The van der Waals surface area contributed by atoms with Gasteiger partial charge in [0, 0.05) is 23.7 Å². The number of carbonyl (C=O) groups excluding carboxylic acids is 2. The number of rotatable bonds is 7. The van der Waals surface area contributed by atoms with Gasteiger partial charge < -0.3 is 5.32 Å². The first-order valence-corrected chi connectivity index (χ1v) is 11.6. The minimum atomic E-state index is -4.10. The number of nitrogens with zero attached hydrogens (tertiary/aromatic N) is 2. The lowest BCUT2D eigenvalue weighted by atomic mass is 10.2. The maximum Gasteiger partial charge on any atom is 0.284 e. The van der Waals surface area contributed by atoms with Crippen LogP contribution in [0.15, 0.2) is 70.5 Å². The molecule has 0 bridgehead atoms. The van der Waals surface area contributed by atoms with Crippen molar-refractivity contribution < 1.29 is 22.4 Å². The Labute approximate surface area is 188 Å². The third-order valence-electron chi connectivity index (χ3n) is 4.14. The number of amidine groups is 1. The molecule has 1 saturated heterocycles. The molecular formula is C20H17ClFN3O4S2. The van der Waals surface area contributed by atoms with Crippen LogP contribution in [0.2, 0.25) is 5.02 Å². The van der Waals surface area contributed by atoms with E-state index in [-0.39, 0.29) is 23.0 Å². The predicted octanol–water partition coefficient (Wildman–Crippen LogP) is 3.68. The molecule has 1 heterocycles. The minimum absolute atomic E-state index is 0.0386. The van der Waals surface area contributed by atoms with Crippen molar-refractivity contribution in [3.63, 3.8) is 0 Å². The van der Waals surface area contributed by atoms with Crippen molar-refractivity contribution in [2.75, 3.05) is 11.9 Å². The first-order valence-electron chi connectivity index (χ1n) is 8.94. The molecule has 31 heavy (non-hydrogen) atoms. The summed E-state index contributed by atoms with van der Waals surface area (Å²) >= 11 is 6.68. The Balaban J connectivity index is 1.78. The number of hydrogen-bond donors (Lipinski definition) is 1. The van der Waals surface area contributed by atoms with Crippen molar-refractivity contribution in [1.82, 2.24) is 4.90 Å². The second-order valence-electron chi connectivity index (χ2n) is 6.41. The van der Waals surface area contributed by atoms with E-state index >= 15 is 0 Å². The summed E-state index contributed by atoms with van der Waals surface area (Å²) in [6.07, 6.45) is 1.22. The van der Waals surface area contributed by atoms with Crippen LogP contribution in [0.3, 0.4) is 0 Å². The fourth-order valence-corrected chi connectivity index (χ4v) is 5.17. The smallest absolute Gasteiger partial charge is 0.284 e. The van der Waals surface area contributed by atoms with Crippen molar-refractivity contribution in [2.24, 2.45) is 4.40 Å². The second-order valence-corrected chi connectivity index (χ2v) is 9.62. The van der Waals surface area contributed by atoms with Gasteiger partial charge in [0.05, 0.1) is 4.90 Å². The fourth-order valence-electron chi connectivity index (χ4n) is 2.68. The van der Waals surface area contributed by atoms with E-state index < -0.39 is 32.9 Å². The Bertz CT molecular complexity index is 1140. The van der Waals surface area contributed by atoms with Crippen molar-refractivity contribution in [3.8, 4) is 0 Å². The van der Waals surface area contributed by atoms with Crippen LogP contribution in [0.25, 0.3) is 0 Å². The topological polar surface area (TPSA) is 95.9 Å². The number of nitrogens with one attached hydrogen (secondary N) is 1. The zero-order chi connectivity index (χ0) is 22.6. The molecule has 2 aromatic rings. The third kappa shape index (κ3) is 5.72. The average Bonchev–Trinajstić information content (AvgIpc) is 2.98. The Morgan fingerprint density at radius 3 is 2.48 bits per heavy atom. The van der Waals surface area contributed by atoms with Crippen molar-refractivity contribution in [3.05, 3.63) is 72.0 Å². The summed E-state index contributed by atoms with van der Waals surface area (Å²) in [6.45, 7) is 3.61. The number of benzene rings is 2. The van der Waals surface area contributed by atoms with Crippen molar-refractivity contribution in [1.29, 1.82) is 0 Å². The van der Waals surface area contributed by atoms with Crippen LogP contribution < -0.4 is 5.32 Å². The SMILES string of the molecule is C=CCN1C(=O)C(CC(=O)Nc2ccc(F)cc2)S/C1=N/S(=O)(=O)c1ccc(Cl)cc1. The normalized spacial score (nSPS) is 17.7. The number of hydrogen-bond acceptors (Lipinski definition) is 5. The molecule has 1 fully saturated rings. The largest absolute Gasteiger partial charge is 0.326 e. The molecule has 0 saturated carbocycles. The monoisotopic (exact) mass is 481 g/mol. The molecule has 1 aliphatic heterocycles. The molecule has 162 valence electrons. The van der Waals surface area contributed by atoms with Crippen LogP contribution in [0.5, 0.6) is 0 Å². The van der Waals surface area contributed by atoms with E-state index in [1.165, 1.54) is 59.5 Å². The first-order chi connectivity index (χ1) is 14.7. The molecule has 11 heteroatoms. The van der Waals surface area contributed by atoms with Gasteiger partial charge in [0.1, 0.15) is 11.1 Å². The van der Waals surface area contributed by atoms with Gasteiger partial charge in [-0.2, -0.15) is 8.42 Å². The quantitative estimate of drug-likeness (QED) is 0.608. The van der Waals surface area contributed by atoms with Crippen LogP contribution in [-0.4, -0.2) is 42.1 Å². The first kappa shape index (κ1) is 23.0. The number of sulfonamides is 1. The Hall–Kier alpha value is -2.69. The van der Waals surface area contributed by atoms with Gasteiger partial charge in [-0.25, -0.2) is 4.39 Å². The molecule has 0 aromatic heterocycles. The summed E-state index contributed by atoms with van der Waals surface area (Å²) in [4.78, 5) is 26.2. The van der Waals surface area contributed by atoms with Gasteiger partial charge in [-0.15, -0.1) is 11.0 Å². The van der Waals surface area contributed by atoms with Gasteiger partial charge in [-0.3, -0.25) is 14.5 Å². The highest BCUT2D eigenvalue weighted by molar-refractivity contribution is 8.16.